The van der Waals surface area contributed by atoms with E-state index in [1.54, 1.807) is 12.1 Å². The van der Waals surface area contributed by atoms with Crippen molar-refractivity contribution in [3.05, 3.63) is 83.9 Å². The molecule has 0 fully saturated rings. The molecule has 3 nitrogen and oxygen atoms in total. The van der Waals surface area contributed by atoms with Crippen molar-refractivity contribution >= 4 is 5.97 Å². The Balaban J connectivity index is 2.11. The normalized spacial score (nSPS) is 18.3. The van der Waals surface area contributed by atoms with Crippen molar-refractivity contribution in [1.29, 1.82) is 0 Å². The second kappa shape index (κ2) is 4.80. The number of aliphatic carboxylic acids is 1. The molecule has 1 atom stereocenters. The molecule has 1 unspecified atom stereocenters. The minimum Gasteiger partial charge on any atom is -0.479 e. The van der Waals surface area contributed by atoms with Gasteiger partial charge in [0, 0.05) is 11.1 Å². The van der Waals surface area contributed by atoms with Gasteiger partial charge in [0.05, 0.1) is 0 Å². The third-order valence-electron chi connectivity index (χ3n) is 4.43. The van der Waals surface area contributed by atoms with Crippen molar-refractivity contribution in [3.63, 3.8) is 0 Å². The van der Waals surface area contributed by atoms with E-state index in [0.717, 1.165) is 22.3 Å². The topological polar surface area (TPSA) is 57.5 Å². The van der Waals surface area contributed by atoms with Gasteiger partial charge in [-0.25, -0.2) is 4.79 Å². The van der Waals surface area contributed by atoms with E-state index in [9.17, 15) is 15.0 Å². The quantitative estimate of drug-likeness (QED) is 0.759. The number of benzene rings is 3. The van der Waals surface area contributed by atoms with Gasteiger partial charge in [-0.3, -0.25) is 0 Å². The molecule has 0 spiro atoms. The Hall–Kier alpha value is -2.91. The minimum atomic E-state index is -2.03. The Kier molecular flexibility index (Phi) is 2.86. The lowest BCUT2D eigenvalue weighted by Gasteiger charge is -2.23. The van der Waals surface area contributed by atoms with E-state index in [1.807, 2.05) is 60.7 Å². The molecule has 23 heavy (non-hydrogen) atoms. The lowest BCUT2D eigenvalue weighted by Crippen LogP contribution is -2.35. The average Bonchev–Trinajstić information content (AvgIpc) is 2.87. The number of hydrogen-bond donors (Lipinski definition) is 2. The SMILES string of the molecule is O=C(O)C1(O)c2ccccc2-c2cccc(-c3ccccc3)c21. The lowest BCUT2D eigenvalue weighted by molar-refractivity contribution is -0.154. The van der Waals surface area contributed by atoms with Crippen LogP contribution in [0.25, 0.3) is 22.3 Å². The Morgan fingerprint density at radius 3 is 2.09 bits per heavy atom. The van der Waals surface area contributed by atoms with E-state index in [0.29, 0.717) is 11.1 Å². The highest BCUT2D eigenvalue weighted by Gasteiger charge is 2.49. The van der Waals surface area contributed by atoms with Gasteiger partial charge in [-0.2, -0.15) is 0 Å². The molecule has 0 bridgehead atoms. The first kappa shape index (κ1) is 13.7. The number of rotatable bonds is 2. The van der Waals surface area contributed by atoms with Crippen LogP contribution in [0.4, 0.5) is 0 Å². The summed E-state index contributed by atoms with van der Waals surface area (Å²) in [5.41, 5.74) is 2.00. The van der Waals surface area contributed by atoms with Crippen LogP contribution in [0.3, 0.4) is 0 Å². The Labute approximate surface area is 133 Å². The molecule has 1 aliphatic rings. The summed E-state index contributed by atoms with van der Waals surface area (Å²) >= 11 is 0. The van der Waals surface area contributed by atoms with Gasteiger partial charge in [-0.05, 0) is 22.3 Å². The van der Waals surface area contributed by atoms with Crippen molar-refractivity contribution in [3.8, 4) is 22.3 Å². The van der Waals surface area contributed by atoms with E-state index in [-0.39, 0.29) is 0 Å². The monoisotopic (exact) mass is 302 g/mol. The second-order valence-electron chi connectivity index (χ2n) is 5.66. The summed E-state index contributed by atoms with van der Waals surface area (Å²) in [5, 5.41) is 20.9. The summed E-state index contributed by atoms with van der Waals surface area (Å²) in [6.45, 7) is 0. The fourth-order valence-electron chi connectivity index (χ4n) is 3.42. The molecule has 0 saturated carbocycles. The van der Waals surface area contributed by atoms with Gasteiger partial charge in [0.25, 0.3) is 0 Å². The van der Waals surface area contributed by atoms with Crippen molar-refractivity contribution in [2.45, 2.75) is 5.60 Å². The first-order chi connectivity index (χ1) is 11.1. The maximum Gasteiger partial charge on any atom is 0.345 e. The molecule has 3 aromatic carbocycles. The van der Waals surface area contributed by atoms with Crippen LogP contribution in [0.15, 0.2) is 72.8 Å². The van der Waals surface area contributed by atoms with Crippen LogP contribution in [0.1, 0.15) is 11.1 Å². The fraction of sp³-hybridized carbons (Fsp3) is 0.0500. The van der Waals surface area contributed by atoms with Gasteiger partial charge in [0.1, 0.15) is 0 Å². The Bertz CT molecular complexity index is 915. The van der Waals surface area contributed by atoms with Crippen molar-refractivity contribution in [2.75, 3.05) is 0 Å². The zero-order valence-electron chi connectivity index (χ0n) is 12.2. The third kappa shape index (κ3) is 1.77. The standard InChI is InChI=1S/C20H14O3/c21-19(22)20(23)17-12-5-4-9-15(17)16-11-6-10-14(18(16)20)13-7-2-1-3-8-13/h1-12,23H,(H,21,22). The van der Waals surface area contributed by atoms with Crippen molar-refractivity contribution < 1.29 is 15.0 Å². The molecule has 0 saturated heterocycles. The predicted molar refractivity (Wildman–Crippen MR) is 87.9 cm³/mol. The van der Waals surface area contributed by atoms with Crippen LogP contribution >= 0.6 is 0 Å². The predicted octanol–water partition coefficient (Wildman–Crippen LogP) is 3.65. The molecule has 1 aliphatic carbocycles. The smallest absolute Gasteiger partial charge is 0.345 e. The highest BCUT2D eigenvalue weighted by Crippen LogP contribution is 2.51. The average molecular weight is 302 g/mol. The molecular formula is C20H14O3. The number of carbonyl (C=O) groups is 1. The molecule has 0 amide bonds. The summed E-state index contributed by atoms with van der Waals surface area (Å²) in [6, 6.07) is 22.3. The Morgan fingerprint density at radius 1 is 0.739 bits per heavy atom. The third-order valence-corrected chi connectivity index (χ3v) is 4.43. The molecule has 3 heteroatoms. The summed E-state index contributed by atoms with van der Waals surface area (Å²) in [4.78, 5) is 12.0. The van der Waals surface area contributed by atoms with Crippen LogP contribution in [0.2, 0.25) is 0 Å². The molecule has 0 radical (unpaired) electrons. The molecule has 4 rings (SSSR count). The number of hydrogen-bond acceptors (Lipinski definition) is 2. The van der Waals surface area contributed by atoms with Crippen LogP contribution in [0.5, 0.6) is 0 Å². The highest BCUT2D eigenvalue weighted by atomic mass is 16.4. The highest BCUT2D eigenvalue weighted by molar-refractivity contribution is 5.99. The van der Waals surface area contributed by atoms with Crippen molar-refractivity contribution in [1.82, 2.24) is 0 Å². The maximum absolute atomic E-state index is 12.0. The van der Waals surface area contributed by atoms with Gasteiger partial charge in [0.15, 0.2) is 0 Å². The summed E-state index contributed by atoms with van der Waals surface area (Å²) < 4.78 is 0. The molecule has 2 N–H and O–H groups in total. The fourth-order valence-corrected chi connectivity index (χ4v) is 3.42. The lowest BCUT2D eigenvalue weighted by atomic mass is 9.86. The second-order valence-corrected chi connectivity index (χ2v) is 5.66. The van der Waals surface area contributed by atoms with E-state index >= 15 is 0 Å². The van der Waals surface area contributed by atoms with Crippen LogP contribution < -0.4 is 0 Å². The molecule has 0 aliphatic heterocycles. The van der Waals surface area contributed by atoms with Crippen LogP contribution in [-0.4, -0.2) is 16.2 Å². The molecular weight excluding hydrogens is 288 g/mol. The van der Waals surface area contributed by atoms with E-state index < -0.39 is 11.6 Å². The largest absolute Gasteiger partial charge is 0.479 e. The van der Waals surface area contributed by atoms with Gasteiger partial charge < -0.3 is 10.2 Å². The zero-order valence-corrected chi connectivity index (χ0v) is 12.2. The van der Waals surface area contributed by atoms with Crippen molar-refractivity contribution in [2.24, 2.45) is 0 Å². The molecule has 0 heterocycles. The zero-order chi connectivity index (χ0) is 16.0. The van der Waals surface area contributed by atoms with Gasteiger partial charge in [0.2, 0.25) is 5.60 Å². The first-order valence-corrected chi connectivity index (χ1v) is 7.38. The number of carboxylic acid groups (broad SMARTS) is 1. The number of fused-ring (bicyclic) bond motifs is 3. The van der Waals surface area contributed by atoms with E-state index in [1.165, 1.54) is 0 Å². The van der Waals surface area contributed by atoms with Gasteiger partial charge in [-0.1, -0.05) is 72.8 Å². The van der Waals surface area contributed by atoms with Crippen LogP contribution in [0, 0.1) is 0 Å². The minimum absolute atomic E-state index is 0.422. The maximum atomic E-state index is 12.0. The summed E-state index contributed by atoms with van der Waals surface area (Å²) in [7, 11) is 0. The number of aliphatic hydroxyl groups is 1. The summed E-state index contributed by atoms with van der Waals surface area (Å²) in [6.07, 6.45) is 0. The van der Waals surface area contributed by atoms with Gasteiger partial charge >= 0.3 is 5.97 Å². The molecule has 3 aromatic rings. The summed E-state index contributed by atoms with van der Waals surface area (Å²) in [5.74, 6) is -1.26. The molecule has 0 aromatic heterocycles. The molecule has 112 valence electrons. The van der Waals surface area contributed by atoms with E-state index in [4.69, 9.17) is 0 Å². The number of carboxylic acids is 1. The Morgan fingerprint density at radius 2 is 1.35 bits per heavy atom. The first-order valence-electron chi connectivity index (χ1n) is 7.38. The van der Waals surface area contributed by atoms with Crippen LogP contribution in [-0.2, 0) is 10.4 Å². The van der Waals surface area contributed by atoms with Gasteiger partial charge in [-0.15, -0.1) is 0 Å². The van der Waals surface area contributed by atoms with E-state index in [2.05, 4.69) is 0 Å².